The van der Waals surface area contributed by atoms with Gasteiger partial charge in [0.05, 0.1) is 5.92 Å². The van der Waals surface area contributed by atoms with Crippen molar-refractivity contribution in [3.63, 3.8) is 0 Å². The van der Waals surface area contributed by atoms with E-state index in [1.165, 1.54) is 6.20 Å². The first-order valence-corrected chi connectivity index (χ1v) is 10.4. The minimum atomic E-state index is -2.49. The van der Waals surface area contributed by atoms with Crippen LogP contribution in [0.3, 0.4) is 0 Å². The number of H-pyrrole nitrogens is 1. The number of unbranched alkanes of at least 4 members (excludes halogenated alkanes) is 3. The summed E-state index contributed by atoms with van der Waals surface area (Å²) in [5, 5.41) is 0. The molecule has 0 aliphatic carbocycles. The van der Waals surface area contributed by atoms with E-state index in [0.29, 0.717) is 6.42 Å². The highest BCUT2D eigenvalue weighted by Gasteiger charge is 2.63. The van der Waals surface area contributed by atoms with E-state index >= 15 is 4.39 Å². The maximum atomic E-state index is 15.8. The molecule has 0 saturated carbocycles. The second kappa shape index (κ2) is 9.40. The van der Waals surface area contributed by atoms with Gasteiger partial charge in [-0.25, -0.2) is 9.18 Å². The van der Waals surface area contributed by atoms with Gasteiger partial charge in [-0.15, -0.1) is 0 Å². The van der Waals surface area contributed by atoms with Crippen molar-refractivity contribution in [3.8, 4) is 0 Å². The number of nitrogens with one attached hydrogen (secondary N) is 1. The van der Waals surface area contributed by atoms with E-state index in [1.54, 1.807) is 13.8 Å². The third kappa shape index (κ3) is 4.81. The van der Waals surface area contributed by atoms with Gasteiger partial charge >= 0.3 is 11.7 Å². The first-order chi connectivity index (χ1) is 14.2. The van der Waals surface area contributed by atoms with Crippen LogP contribution in [0.15, 0.2) is 21.9 Å². The molecule has 1 aromatic rings. The number of halogens is 1. The zero-order chi connectivity index (χ0) is 21.9. The molecule has 168 valence electrons. The van der Waals surface area contributed by atoms with Crippen LogP contribution in [0.2, 0.25) is 0 Å². The molecule has 0 radical (unpaired) electrons. The number of fused-ring (bicyclic) bond motifs is 1. The van der Waals surface area contributed by atoms with Gasteiger partial charge in [-0.2, -0.15) is 0 Å². The molecule has 0 bridgehead atoms. The number of carbonyl (C=O) groups excluding carboxylic acids is 1. The van der Waals surface area contributed by atoms with Gasteiger partial charge in [0.25, 0.3) is 11.4 Å². The number of nitrogens with zero attached hydrogens (tertiary/aromatic N) is 1. The fraction of sp³-hybridized carbons (Fsp3) is 0.750. The lowest BCUT2D eigenvalue weighted by Gasteiger charge is -2.26. The molecular weight excluding hydrogens is 399 g/mol. The third-order valence-corrected chi connectivity index (χ3v) is 5.23. The van der Waals surface area contributed by atoms with Crippen molar-refractivity contribution >= 4 is 5.97 Å². The van der Waals surface area contributed by atoms with Gasteiger partial charge in [-0.05, 0) is 12.8 Å². The van der Waals surface area contributed by atoms with Crippen molar-refractivity contribution < 1.29 is 28.1 Å². The van der Waals surface area contributed by atoms with Gasteiger partial charge in [0.1, 0.15) is 6.10 Å². The quantitative estimate of drug-likeness (QED) is 0.473. The molecule has 2 aliphatic heterocycles. The van der Waals surface area contributed by atoms with Crippen LogP contribution in [0, 0.1) is 5.92 Å². The normalized spacial score (nSPS) is 30.6. The van der Waals surface area contributed by atoms with E-state index in [2.05, 4.69) is 11.9 Å². The van der Waals surface area contributed by atoms with Crippen molar-refractivity contribution in [1.82, 2.24) is 9.55 Å². The summed E-state index contributed by atoms with van der Waals surface area (Å²) in [7, 11) is 0. The lowest BCUT2D eigenvalue weighted by molar-refractivity contribution is -0.248. The maximum Gasteiger partial charge on any atom is 0.330 e. The van der Waals surface area contributed by atoms with Gasteiger partial charge in [-0.1, -0.05) is 40.0 Å². The van der Waals surface area contributed by atoms with E-state index in [9.17, 15) is 14.4 Å². The van der Waals surface area contributed by atoms with E-state index in [1.807, 2.05) is 0 Å². The summed E-state index contributed by atoms with van der Waals surface area (Å²) in [5.74, 6) is -3.50. The highest BCUT2D eigenvalue weighted by Crippen LogP contribution is 2.46. The first-order valence-electron chi connectivity index (χ1n) is 10.4. The van der Waals surface area contributed by atoms with Gasteiger partial charge in [0, 0.05) is 12.3 Å². The Morgan fingerprint density at radius 3 is 2.73 bits per heavy atom. The highest BCUT2D eigenvalue weighted by atomic mass is 19.2. The average molecular weight is 428 g/mol. The molecule has 3 heterocycles. The Morgan fingerprint density at radius 2 is 2.07 bits per heavy atom. The number of aromatic nitrogens is 2. The van der Waals surface area contributed by atoms with Gasteiger partial charge in [0.2, 0.25) is 0 Å². The van der Waals surface area contributed by atoms with Gasteiger partial charge in [-0.3, -0.25) is 19.1 Å². The Labute approximate surface area is 173 Å². The molecule has 9 nitrogen and oxygen atoms in total. The van der Waals surface area contributed by atoms with Crippen molar-refractivity contribution in [2.45, 2.75) is 83.5 Å². The molecule has 1 aromatic heterocycles. The number of alkyl halides is 1. The molecule has 0 amide bonds. The molecule has 3 rings (SSSR count). The van der Waals surface area contributed by atoms with Crippen LogP contribution in [0.5, 0.6) is 0 Å². The molecule has 2 aliphatic rings. The second-order valence-electron chi connectivity index (χ2n) is 8.01. The SMILES string of the molecule is CCCCCCC1O[C@H]2[C@H](n3ccc(=O)[nH]c3=O)O[C@](F)(COC(=O)C(C)C)[C@H]2O1. The number of ether oxygens (including phenoxy) is 4. The number of esters is 1. The minimum Gasteiger partial charge on any atom is -0.459 e. The molecular formula is C20H29FN2O7. The van der Waals surface area contributed by atoms with Crippen LogP contribution in [0.1, 0.15) is 59.1 Å². The summed E-state index contributed by atoms with van der Waals surface area (Å²) in [6.07, 6.45) is 1.85. The van der Waals surface area contributed by atoms with E-state index in [-0.39, 0.29) is 0 Å². The molecule has 2 fully saturated rings. The lowest BCUT2D eigenvalue weighted by Crippen LogP contribution is -2.43. The van der Waals surface area contributed by atoms with Crippen LogP contribution < -0.4 is 11.2 Å². The minimum absolute atomic E-state index is 0.435. The fourth-order valence-electron chi connectivity index (χ4n) is 3.59. The first kappa shape index (κ1) is 22.6. The summed E-state index contributed by atoms with van der Waals surface area (Å²) in [6.45, 7) is 4.68. The Morgan fingerprint density at radius 1 is 1.30 bits per heavy atom. The zero-order valence-corrected chi connectivity index (χ0v) is 17.5. The molecule has 1 N–H and O–H groups in total. The number of carbonyl (C=O) groups is 1. The van der Waals surface area contributed by atoms with E-state index < -0.39 is 60.3 Å². The third-order valence-electron chi connectivity index (χ3n) is 5.23. The van der Waals surface area contributed by atoms with Gasteiger partial charge in [0.15, 0.2) is 25.2 Å². The number of rotatable bonds is 9. The molecule has 5 atom stereocenters. The van der Waals surface area contributed by atoms with Crippen molar-refractivity contribution in [2.75, 3.05) is 6.61 Å². The lowest BCUT2D eigenvalue weighted by atomic mass is 10.1. The van der Waals surface area contributed by atoms with Crippen LogP contribution >= 0.6 is 0 Å². The predicted molar refractivity (Wildman–Crippen MR) is 103 cm³/mol. The average Bonchev–Trinajstić information content (AvgIpc) is 3.23. The number of hydrogen-bond donors (Lipinski definition) is 1. The summed E-state index contributed by atoms with van der Waals surface area (Å²) < 4.78 is 39.0. The molecule has 1 unspecified atom stereocenters. The van der Waals surface area contributed by atoms with Crippen LogP contribution in [0.4, 0.5) is 4.39 Å². The molecule has 0 aromatic carbocycles. The summed E-state index contributed by atoms with van der Waals surface area (Å²) in [6, 6.07) is 1.13. The van der Waals surface area contributed by atoms with Crippen LogP contribution in [0.25, 0.3) is 0 Å². The smallest absolute Gasteiger partial charge is 0.330 e. The summed E-state index contributed by atoms with van der Waals surface area (Å²) in [5.41, 5.74) is -1.34. The van der Waals surface area contributed by atoms with E-state index in [0.717, 1.165) is 36.3 Å². The summed E-state index contributed by atoms with van der Waals surface area (Å²) in [4.78, 5) is 37.6. The van der Waals surface area contributed by atoms with E-state index in [4.69, 9.17) is 18.9 Å². The predicted octanol–water partition coefficient (Wildman–Crippen LogP) is 2.01. The standard InChI is InChI=1S/C20H29FN2O7/c1-4-5-6-7-8-14-28-15-16(29-14)20(21,11-27-18(25)12(2)3)30-17(15)23-10-9-13(24)22-19(23)26/h9-10,12,14-17H,4-8,11H2,1-3H3,(H,22,24,26)/t14?,15-,16+,17-,20-/m1/s1. The maximum absolute atomic E-state index is 15.8. The van der Waals surface area contributed by atoms with Crippen molar-refractivity contribution in [2.24, 2.45) is 5.92 Å². The number of hydrogen-bond acceptors (Lipinski definition) is 7. The molecule has 0 spiro atoms. The molecule has 30 heavy (non-hydrogen) atoms. The van der Waals surface area contributed by atoms with Crippen LogP contribution in [-0.2, 0) is 23.7 Å². The second-order valence-corrected chi connectivity index (χ2v) is 8.01. The molecule has 10 heteroatoms. The largest absolute Gasteiger partial charge is 0.459 e. The van der Waals surface area contributed by atoms with Crippen LogP contribution in [-0.4, -0.2) is 46.5 Å². The fourth-order valence-corrected chi connectivity index (χ4v) is 3.59. The zero-order valence-electron chi connectivity index (χ0n) is 17.5. The Kier molecular flexibility index (Phi) is 7.10. The highest BCUT2D eigenvalue weighted by molar-refractivity contribution is 5.71. The van der Waals surface area contributed by atoms with Gasteiger partial charge < -0.3 is 18.9 Å². The Bertz CT molecular complexity index is 854. The van der Waals surface area contributed by atoms with Crippen molar-refractivity contribution in [1.29, 1.82) is 0 Å². The number of aromatic amines is 1. The monoisotopic (exact) mass is 428 g/mol. The summed E-state index contributed by atoms with van der Waals surface area (Å²) >= 11 is 0. The molecule has 2 saturated heterocycles. The topological polar surface area (TPSA) is 109 Å². The Hall–Kier alpha value is -2.04. The Balaban J connectivity index is 1.80. The van der Waals surface area contributed by atoms with Crippen molar-refractivity contribution in [3.05, 3.63) is 33.1 Å².